The van der Waals surface area contributed by atoms with Crippen molar-refractivity contribution in [3.63, 3.8) is 0 Å². The van der Waals surface area contributed by atoms with Gasteiger partial charge < -0.3 is 15.1 Å². The zero-order valence-electron chi connectivity index (χ0n) is 12.4. The van der Waals surface area contributed by atoms with Crippen LogP contribution < -0.4 is 15.1 Å². The molecule has 2 unspecified atom stereocenters. The molecule has 1 aliphatic heterocycles. The number of likely N-dealkylation sites (N-methyl/N-ethyl adjacent to an activating group) is 1. The van der Waals surface area contributed by atoms with E-state index in [0.717, 1.165) is 18.3 Å². The van der Waals surface area contributed by atoms with E-state index in [0.29, 0.717) is 12.1 Å². The van der Waals surface area contributed by atoms with Gasteiger partial charge >= 0.3 is 0 Å². The minimum absolute atomic E-state index is 0.470. The first-order valence-electron chi connectivity index (χ1n) is 7.07. The Hall–Kier alpha value is -1.36. The van der Waals surface area contributed by atoms with Crippen LogP contribution in [0.15, 0.2) is 12.3 Å². The summed E-state index contributed by atoms with van der Waals surface area (Å²) in [5.74, 6) is 1.82. The molecule has 1 N–H and O–H groups in total. The third-order valence-corrected chi connectivity index (χ3v) is 3.90. The van der Waals surface area contributed by atoms with E-state index in [1.54, 1.807) is 0 Å². The highest BCUT2D eigenvalue weighted by atomic mass is 15.3. The van der Waals surface area contributed by atoms with Crippen LogP contribution in [0.25, 0.3) is 0 Å². The molecule has 1 aromatic heterocycles. The lowest BCUT2D eigenvalue weighted by Gasteiger charge is -2.40. The van der Waals surface area contributed by atoms with Gasteiger partial charge in [0.05, 0.1) is 0 Å². The summed E-state index contributed by atoms with van der Waals surface area (Å²) in [6, 6.07) is 3.01. The molecule has 106 valence electrons. The highest BCUT2D eigenvalue weighted by Crippen LogP contribution is 2.25. The minimum Gasteiger partial charge on any atom is -0.352 e. The van der Waals surface area contributed by atoms with Crippen molar-refractivity contribution >= 4 is 11.8 Å². The van der Waals surface area contributed by atoms with E-state index in [9.17, 15) is 0 Å². The van der Waals surface area contributed by atoms with Crippen molar-refractivity contribution in [1.29, 1.82) is 0 Å². The van der Waals surface area contributed by atoms with Gasteiger partial charge in [-0.1, -0.05) is 0 Å². The van der Waals surface area contributed by atoms with Crippen LogP contribution in [0.1, 0.15) is 26.2 Å². The molecule has 0 aromatic carbocycles. The maximum atomic E-state index is 4.68. The topological polar surface area (TPSA) is 44.3 Å². The Bertz CT molecular complexity index is 407. The normalized spacial score (nSPS) is 21.3. The van der Waals surface area contributed by atoms with Crippen molar-refractivity contribution in [2.24, 2.45) is 0 Å². The van der Waals surface area contributed by atoms with Crippen LogP contribution in [0.5, 0.6) is 0 Å². The molecule has 5 nitrogen and oxygen atoms in total. The highest BCUT2D eigenvalue weighted by molar-refractivity contribution is 5.44. The summed E-state index contributed by atoms with van der Waals surface area (Å²) in [7, 11) is 5.98. The zero-order chi connectivity index (χ0) is 13.8. The molecular weight excluding hydrogens is 238 g/mol. The van der Waals surface area contributed by atoms with Crippen molar-refractivity contribution < 1.29 is 0 Å². The summed E-state index contributed by atoms with van der Waals surface area (Å²) in [4.78, 5) is 13.4. The number of hydrogen-bond acceptors (Lipinski definition) is 5. The molecule has 0 bridgehead atoms. The molecule has 0 aliphatic carbocycles. The van der Waals surface area contributed by atoms with Crippen LogP contribution in [-0.4, -0.2) is 49.7 Å². The van der Waals surface area contributed by atoms with Gasteiger partial charge in [0.1, 0.15) is 5.82 Å². The summed E-state index contributed by atoms with van der Waals surface area (Å²) in [6.45, 7) is 3.33. The molecule has 2 rings (SSSR count). The third kappa shape index (κ3) is 3.15. The average Bonchev–Trinajstić information content (AvgIpc) is 2.46. The number of piperidine rings is 1. The maximum Gasteiger partial charge on any atom is 0.226 e. The average molecular weight is 263 g/mol. The van der Waals surface area contributed by atoms with E-state index in [1.807, 2.05) is 38.3 Å². The predicted octanol–water partition coefficient (Wildman–Crippen LogP) is 1.51. The van der Waals surface area contributed by atoms with Crippen LogP contribution in [-0.2, 0) is 0 Å². The fraction of sp³-hybridized carbons (Fsp3) is 0.714. The standard InChI is InChI=1S/C14H25N5/c1-11(15-2)12-7-5-6-10-19(12)13-8-9-16-14(17-13)18(3)4/h8-9,11-12,15H,5-7,10H2,1-4H3. The molecule has 0 amide bonds. The van der Waals surface area contributed by atoms with Crippen molar-refractivity contribution in [3.8, 4) is 0 Å². The molecule has 19 heavy (non-hydrogen) atoms. The Morgan fingerprint density at radius 2 is 2.21 bits per heavy atom. The lowest BCUT2D eigenvalue weighted by atomic mass is 9.96. The second-order valence-electron chi connectivity index (χ2n) is 5.44. The SMILES string of the molecule is CNC(C)C1CCCCN1c1ccnc(N(C)C)n1. The van der Waals surface area contributed by atoms with Gasteiger partial charge in [0.25, 0.3) is 0 Å². The summed E-state index contributed by atoms with van der Waals surface area (Å²) < 4.78 is 0. The molecule has 0 spiro atoms. The smallest absolute Gasteiger partial charge is 0.226 e. The number of nitrogens with one attached hydrogen (secondary N) is 1. The largest absolute Gasteiger partial charge is 0.352 e. The molecule has 2 atom stereocenters. The van der Waals surface area contributed by atoms with Gasteiger partial charge in [0.2, 0.25) is 5.95 Å². The lowest BCUT2D eigenvalue weighted by Crippen LogP contribution is -2.50. The first-order chi connectivity index (χ1) is 9.13. The Morgan fingerprint density at radius 1 is 1.42 bits per heavy atom. The van der Waals surface area contributed by atoms with Gasteiger partial charge in [-0.15, -0.1) is 0 Å². The van der Waals surface area contributed by atoms with Crippen molar-refractivity contribution in [1.82, 2.24) is 15.3 Å². The zero-order valence-corrected chi connectivity index (χ0v) is 12.4. The van der Waals surface area contributed by atoms with Crippen LogP contribution in [0.4, 0.5) is 11.8 Å². The summed E-state index contributed by atoms with van der Waals surface area (Å²) in [6.07, 6.45) is 5.63. The number of anilines is 2. The fourth-order valence-electron chi connectivity index (χ4n) is 2.67. The molecule has 1 fully saturated rings. The predicted molar refractivity (Wildman–Crippen MR) is 79.9 cm³/mol. The summed E-state index contributed by atoms with van der Waals surface area (Å²) in [5, 5.41) is 3.38. The first kappa shape index (κ1) is 14.1. The lowest BCUT2D eigenvalue weighted by molar-refractivity contribution is 0.380. The van der Waals surface area contributed by atoms with E-state index in [2.05, 4.69) is 27.1 Å². The van der Waals surface area contributed by atoms with Crippen molar-refractivity contribution in [2.45, 2.75) is 38.3 Å². The van der Waals surface area contributed by atoms with Gasteiger partial charge in [0, 0.05) is 38.9 Å². The number of nitrogens with zero attached hydrogens (tertiary/aromatic N) is 4. The Balaban J connectivity index is 2.24. The molecule has 1 aromatic rings. The van der Waals surface area contributed by atoms with E-state index in [-0.39, 0.29) is 0 Å². The quantitative estimate of drug-likeness (QED) is 0.892. The van der Waals surface area contributed by atoms with Crippen LogP contribution in [0.3, 0.4) is 0 Å². The Morgan fingerprint density at radius 3 is 2.89 bits per heavy atom. The van der Waals surface area contributed by atoms with Crippen molar-refractivity contribution in [3.05, 3.63) is 12.3 Å². The molecule has 2 heterocycles. The highest BCUT2D eigenvalue weighted by Gasteiger charge is 2.27. The van der Waals surface area contributed by atoms with Crippen molar-refractivity contribution in [2.75, 3.05) is 37.5 Å². The molecular formula is C14H25N5. The number of hydrogen-bond donors (Lipinski definition) is 1. The molecule has 0 saturated carbocycles. The fourth-order valence-corrected chi connectivity index (χ4v) is 2.67. The molecule has 1 saturated heterocycles. The van der Waals surface area contributed by atoms with Crippen LogP contribution in [0.2, 0.25) is 0 Å². The number of aromatic nitrogens is 2. The van der Waals surface area contributed by atoms with Gasteiger partial charge in [-0.2, -0.15) is 4.98 Å². The Kier molecular flexibility index (Phi) is 4.58. The second-order valence-corrected chi connectivity index (χ2v) is 5.44. The van der Waals surface area contributed by atoms with E-state index in [1.165, 1.54) is 19.3 Å². The number of rotatable bonds is 4. The Labute approximate surface area is 116 Å². The first-order valence-corrected chi connectivity index (χ1v) is 7.07. The van der Waals surface area contributed by atoms with E-state index in [4.69, 9.17) is 0 Å². The van der Waals surface area contributed by atoms with Crippen LogP contribution in [0, 0.1) is 0 Å². The van der Waals surface area contributed by atoms with Gasteiger partial charge in [-0.3, -0.25) is 0 Å². The molecule has 0 radical (unpaired) electrons. The summed E-state index contributed by atoms with van der Waals surface area (Å²) >= 11 is 0. The maximum absolute atomic E-state index is 4.68. The van der Waals surface area contributed by atoms with E-state index < -0.39 is 0 Å². The monoisotopic (exact) mass is 263 g/mol. The van der Waals surface area contributed by atoms with E-state index >= 15 is 0 Å². The summed E-state index contributed by atoms with van der Waals surface area (Å²) in [5.41, 5.74) is 0. The van der Waals surface area contributed by atoms with Gasteiger partial charge in [-0.05, 0) is 39.3 Å². The molecule has 1 aliphatic rings. The van der Waals surface area contributed by atoms with Gasteiger partial charge in [0.15, 0.2) is 0 Å². The minimum atomic E-state index is 0.470. The second kappa shape index (κ2) is 6.19. The third-order valence-electron chi connectivity index (χ3n) is 3.90. The molecule has 5 heteroatoms. The van der Waals surface area contributed by atoms with Crippen LogP contribution >= 0.6 is 0 Å². The van der Waals surface area contributed by atoms with Gasteiger partial charge in [-0.25, -0.2) is 4.98 Å².